The van der Waals surface area contributed by atoms with Gasteiger partial charge in [0.15, 0.2) is 0 Å². The zero-order valence-electron chi connectivity index (χ0n) is 8.86. The van der Waals surface area contributed by atoms with E-state index in [1.54, 1.807) is 0 Å². The first kappa shape index (κ1) is 14.4. The molecule has 18 heavy (non-hydrogen) atoms. The molecule has 100 valence electrons. The van der Waals surface area contributed by atoms with Crippen molar-refractivity contribution < 1.29 is 18.3 Å². The van der Waals surface area contributed by atoms with Gasteiger partial charge in [0.05, 0.1) is 21.6 Å². The van der Waals surface area contributed by atoms with Gasteiger partial charge in [0.25, 0.3) is 0 Å². The van der Waals surface area contributed by atoms with E-state index in [4.69, 9.17) is 23.2 Å². The Labute approximate surface area is 120 Å². The number of hydrogen-bond donors (Lipinski definition) is 1. The molecule has 0 aromatic heterocycles. The first-order valence-electron chi connectivity index (χ1n) is 5.09. The monoisotopic (exact) mass is 362 g/mol. The predicted molar refractivity (Wildman–Crippen MR) is 66.8 cm³/mol. The number of benzene rings is 1. The van der Waals surface area contributed by atoms with Crippen LogP contribution in [0.1, 0.15) is 24.5 Å². The van der Waals surface area contributed by atoms with Crippen molar-refractivity contribution in [1.82, 2.24) is 0 Å². The van der Waals surface area contributed by atoms with Gasteiger partial charge < -0.3 is 5.11 Å². The van der Waals surface area contributed by atoms with Gasteiger partial charge in [-0.05, 0) is 34.8 Å². The largest absolute Gasteiger partial charge is 0.397 e. The first-order valence-corrected chi connectivity index (χ1v) is 6.64. The van der Waals surface area contributed by atoms with E-state index in [-0.39, 0.29) is 28.5 Å². The molecule has 1 fully saturated rings. The zero-order chi connectivity index (χ0) is 13.7. The summed E-state index contributed by atoms with van der Waals surface area (Å²) in [6.07, 6.45) is -6.32. The number of rotatable bonds is 2. The van der Waals surface area contributed by atoms with Crippen molar-refractivity contribution in [3.05, 3.63) is 32.2 Å². The highest BCUT2D eigenvalue weighted by molar-refractivity contribution is 9.10. The van der Waals surface area contributed by atoms with Crippen molar-refractivity contribution in [2.45, 2.75) is 25.1 Å². The fraction of sp³-hybridized carbons (Fsp3) is 0.455. The van der Waals surface area contributed by atoms with Crippen LogP contribution in [-0.4, -0.2) is 11.3 Å². The van der Waals surface area contributed by atoms with E-state index >= 15 is 0 Å². The Balaban J connectivity index is 2.42. The lowest BCUT2D eigenvalue weighted by atomic mass is 9.92. The lowest BCUT2D eigenvalue weighted by Crippen LogP contribution is -2.31. The molecule has 1 nitrogen and oxygen atoms in total. The summed E-state index contributed by atoms with van der Waals surface area (Å²) in [5, 5.41) is 10.0. The Hall–Kier alpha value is 0.0300. The van der Waals surface area contributed by atoms with Crippen LogP contribution in [0.15, 0.2) is 16.6 Å². The second-order valence-corrected chi connectivity index (χ2v) is 5.93. The molecule has 0 amide bonds. The van der Waals surface area contributed by atoms with Crippen LogP contribution in [0.5, 0.6) is 0 Å². The molecular formula is C11H8BrCl2F3O. The fourth-order valence-corrected chi connectivity index (χ4v) is 2.78. The third-order valence-corrected chi connectivity index (χ3v) is 5.02. The number of hydrogen-bond acceptors (Lipinski definition) is 1. The van der Waals surface area contributed by atoms with Crippen molar-refractivity contribution >= 4 is 39.1 Å². The Morgan fingerprint density at radius 2 is 1.78 bits per heavy atom. The molecule has 0 heterocycles. The molecule has 1 atom stereocenters. The Bertz CT molecular complexity index is 486. The average molecular weight is 364 g/mol. The fourth-order valence-electron chi connectivity index (χ4n) is 1.90. The van der Waals surface area contributed by atoms with Gasteiger partial charge in [-0.1, -0.05) is 29.3 Å². The van der Waals surface area contributed by atoms with E-state index in [0.717, 1.165) is 0 Å². The van der Waals surface area contributed by atoms with E-state index < -0.39 is 17.7 Å². The minimum atomic E-state index is -4.45. The summed E-state index contributed by atoms with van der Waals surface area (Å²) in [6, 6.07) is 2.83. The van der Waals surface area contributed by atoms with Crippen LogP contribution < -0.4 is 0 Å². The Morgan fingerprint density at radius 1 is 1.22 bits per heavy atom. The number of aliphatic hydroxyl groups is 1. The highest BCUT2D eigenvalue weighted by Gasteiger charge is 2.67. The normalized spacial score (nSPS) is 19.7. The molecule has 1 aliphatic rings. The lowest BCUT2D eigenvalue weighted by molar-refractivity contribution is -0.215. The van der Waals surface area contributed by atoms with Crippen molar-refractivity contribution in [2.75, 3.05) is 0 Å². The van der Waals surface area contributed by atoms with Crippen LogP contribution in [0.3, 0.4) is 0 Å². The standard InChI is InChI=1S/C11H8BrCl2F3O/c12-6-2-1-5(7(13)8(6)14)9(18)10(3-4-10)11(15,16)17/h1-2,9,18H,3-4H2. The van der Waals surface area contributed by atoms with Gasteiger partial charge in [-0.25, -0.2) is 0 Å². The van der Waals surface area contributed by atoms with Crippen molar-refractivity contribution in [3.63, 3.8) is 0 Å². The molecule has 0 spiro atoms. The van der Waals surface area contributed by atoms with E-state index in [2.05, 4.69) is 15.9 Å². The van der Waals surface area contributed by atoms with Crippen molar-refractivity contribution in [1.29, 1.82) is 0 Å². The average Bonchev–Trinajstić information content (AvgIpc) is 3.05. The second kappa shape index (κ2) is 4.54. The van der Waals surface area contributed by atoms with Crippen molar-refractivity contribution in [2.24, 2.45) is 5.41 Å². The Kier molecular flexibility index (Phi) is 3.65. The molecule has 1 aliphatic carbocycles. The molecule has 1 aromatic rings. The summed E-state index contributed by atoms with van der Waals surface area (Å²) in [7, 11) is 0. The minimum absolute atomic E-state index is 0.0136. The number of alkyl halides is 3. The Morgan fingerprint density at radius 3 is 2.22 bits per heavy atom. The van der Waals surface area contributed by atoms with E-state index in [0.29, 0.717) is 4.47 Å². The van der Waals surface area contributed by atoms with E-state index in [9.17, 15) is 18.3 Å². The van der Waals surface area contributed by atoms with Gasteiger partial charge >= 0.3 is 6.18 Å². The van der Waals surface area contributed by atoms with E-state index in [1.165, 1.54) is 12.1 Å². The molecule has 1 aromatic carbocycles. The quantitative estimate of drug-likeness (QED) is 0.722. The topological polar surface area (TPSA) is 20.2 Å². The third-order valence-electron chi connectivity index (χ3n) is 3.24. The zero-order valence-corrected chi connectivity index (χ0v) is 12.0. The highest BCUT2D eigenvalue weighted by atomic mass is 79.9. The van der Waals surface area contributed by atoms with Crippen LogP contribution in [0.2, 0.25) is 10.0 Å². The summed E-state index contributed by atoms with van der Waals surface area (Å²) in [4.78, 5) is 0. The smallest absolute Gasteiger partial charge is 0.387 e. The maximum absolute atomic E-state index is 12.9. The van der Waals surface area contributed by atoms with Crippen LogP contribution in [-0.2, 0) is 0 Å². The molecule has 2 rings (SSSR count). The first-order chi connectivity index (χ1) is 8.21. The van der Waals surface area contributed by atoms with Gasteiger partial charge in [-0.3, -0.25) is 0 Å². The molecule has 1 N–H and O–H groups in total. The van der Waals surface area contributed by atoms with Crippen LogP contribution in [0, 0.1) is 5.41 Å². The summed E-state index contributed by atoms with van der Waals surface area (Å²) >= 11 is 14.8. The van der Waals surface area contributed by atoms with Crippen LogP contribution in [0.25, 0.3) is 0 Å². The van der Waals surface area contributed by atoms with Crippen molar-refractivity contribution in [3.8, 4) is 0 Å². The highest BCUT2D eigenvalue weighted by Crippen LogP contribution is 2.65. The van der Waals surface area contributed by atoms with E-state index in [1.807, 2.05) is 0 Å². The number of aliphatic hydroxyl groups excluding tert-OH is 1. The summed E-state index contributed by atoms with van der Waals surface area (Å²) in [6.45, 7) is 0. The molecule has 0 radical (unpaired) electrons. The summed E-state index contributed by atoms with van der Waals surface area (Å²) in [5.74, 6) is 0. The maximum Gasteiger partial charge on any atom is 0.397 e. The molecule has 1 unspecified atom stereocenters. The summed E-state index contributed by atoms with van der Waals surface area (Å²) in [5.41, 5.74) is -2.06. The molecule has 0 bridgehead atoms. The van der Waals surface area contributed by atoms with Gasteiger partial charge in [0.1, 0.15) is 0 Å². The molecule has 1 saturated carbocycles. The van der Waals surface area contributed by atoms with Gasteiger partial charge in [-0.15, -0.1) is 0 Å². The molecule has 0 aliphatic heterocycles. The maximum atomic E-state index is 12.9. The molecule has 7 heteroatoms. The minimum Gasteiger partial charge on any atom is -0.387 e. The molecule has 0 saturated heterocycles. The number of halogens is 6. The lowest BCUT2D eigenvalue weighted by Gasteiger charge is -2.26. The van der Waals surface area contributed by atoms with Gasteiger partial charge in [0, 0.05) is 10.0 Å². The SMILES string of the molecule is OC(c1ccc(Br)c(Cl)c1Cl)C1(C(F)(F)F)CC1. The predicted octanol–water partition coefficient (Wildman–Crippen LogP) is 5.13. The van der Waals surface area contributed by atoms with Gasteiger partial charge in [0.2, 0.25) is 0 Å². The van der Waals surface area contributed by atoms with Crippen LogP contribution in [0.4, 0.5) is 13.2 Å². The van der Waals surface area contributed by atoms with Gasteiger partial charge in [-0.2, -0.15) is 13.2 Å². The van der Waals surface area contributed by atoms with Crippen LogP contribution >= 0.6 is 39.1 Å². The second-order valence-electron chi connectivity index (χ2n) is 4.32. The third kappa shape index (κ3) is 2.15. The molecular weight excluding hydrogens is 356 g/mol. The summed E-state index contributed by atoms with van der Waals surface area (Å²) < 4.78 is 39.2.